The van der Waals surface area contributed by atoms with E-state index >= 15 is 0 Å². The number of aromatic nitrogens is 2. The van der Waals surface area contributed by atoms with Crippen LogP contribution in [0, 0.1) is 6.07 Å². The quantitative estimate of drug-likeness (QED) is 0.188. The summed E-state index contributed by atoms with van der Waals surface area (Å²) in [6.45, 7) is 4.46. The maximum Gasteiger partial charge on any atom is 0.230 e. The SMILES string of the molecule is CC(C)(c1ccccc1)c1ccc(-c2ccccn2)[c-]c1-c1cccc2oc(-c3ccccc3O)nc12.[Pt]. The molecule has 0 bridgehead atoms. The first kappa shape index (κ1) is 25.6. The number of rotatable bonds is 5. The second-order valence-corrected chi connectivity index (χ2v) is 9.56. The molecule has 0 amide bonds. The Morgan fingerprint density at radius 3 is 2.26 bits per heavy atom. The summed E-state index contributed by atoms with van der Waals surface area (Å²) in [7, 11) is 0. The zero-order chi connectivity index (χ0) is 25.4. The number of fused-ring (bicyclic) bond motifs is 1. The molecule has 6 aromatic rings. The Hall–Kier alpha value is -4.01. The molecule has 2 aromatic heterocycles. The fraction of sp³-hybridized carbons (Fsp3) is 0.0909. The van der Waals surface area contributed by atoms with Crippen LogP contribution in [0.15, 0.2) is 114 Å². The van der Waals surface area contributed by atoms with Crippen LogP contribution in [-0.2, 0) is 26.5 Å². The fourth-order valence-electron chi connectivity index (χ4n) is 4.83. The van der Waals surface area contributed by atoms with Crippen LogP contribution in [0.3, 0.4) is 0 Å². The van der Waals surface area contributed by atoms with Crippen molar-refractivity contribution in [3.8, 4) is 39.6 Å². The number of aromatic hydroxyl groups is 1. The molecule has 6 rings (SSSR count). The van der Waals surface area contributed by atoms with E-state index in [1.165, 1.54) is 5.56 Å². The Morgan fingerprint density at radius 2 is 1.50 bits per heavy atom. The van der Waals surface area contributed by atoms with E-state index in [1.807, 2.05) is 42.5 Å². The molecule has 190 valence electrons. The molecule has 4 aromatic carbocycles. The number of hydrogen-bond acceptors (Lipinski definition) is 4. The largest absolute Gasteiger partial charge is 0.507 e. The van der Waals surface area contributed by atoms with Gasteiger partial charge in [-0.3, -0.25) is 4.98 Å². The Labute approximate surface area is 236 Å². The van der Waals surface area contributed by atoms with E-state index in [0.29, 0.717) is 17.0 Å². The van der Waals surface area contributed by atoms with E-state index in [2.05, 4.69) is 67.4 Å². The van der Waals surface area contributed by atoms with E-state index in [9.17, 15) is 5.11 Å². The smallest absolute Gasteiger partial charge is 0.230 e. The molecule has 0 aliphatic rings. The van der Waals surface area contributed by atoms with Crippen molar-refractivity contribution in [3.05, 3.63) is 127 Å². The molecule has 38 heavy (non-hydrogen) atoms. The summed E-state index contributed by atoms with van der Waals surface area (Å²) in [5.41, 5.74) is 7.58. The number of phenolic OH excluding ortho intramolecular Hbond substituents is 1. The van der Waals surface area contributed by atoms with Gasteiger partial charge in [-0.05, 0) is 35.2 Å². The predicted molar refractivity (Wildman–Crippen MR) is 147 cm³/mol. The molecule has 0 fully saturated rings. The number of para-hydroxylation sites is 2. The van der Waals surface area contributed by atoms with E-state index < -0.39 is 0 Å². The first-order chi connectivity index (χ1) is 18.0. The third kappa shape index (κ3) is 4.57. The van der Waals surface area contributed by atoms with E-state index in [0.717, 1.165) is 33.5 Å². The van der Waals surface area contributed by atoms with Gasteiger partial charge in [0.2, 0.25) is 5.89 Å². The molecule has 0 unspecified atom stereocenters. The zero-order valence-electron chi connectivity index (χ0n) is 21.0. The Kier molecular flexibility index (Phi) is 7.01. The maximum atomic E-state index is 10.4. The van der Waals surface area contributed by atoms with Crippen LogP contribution in [-0.4, -0.2) is 15.1 Å². The first-order valence-corrected chi connectivity index (χ1v) is 12.2. The summed E-state index contributed by atoms with van der Waals surface area (Å²) in [4.78, 5) is 9.41. The number of phenols is 1. The predicted octanol–water partition coefficient (Wildman–Crippen LogP) is 8.05. The molecule has 0 aliphatic carbocycles. The van der Waals surface area contributed by atoms with Gasteiger partial charge in [-0.15, -0.1) is 29.3 Å². The second-order valence-electron chi connectivity index (χ2n) is 9.56. The van der Waals surface area contributed by atoms with Crippen LogP contribution in [0.2, 0.25) is 0 Å². The molecule has 0 radical (unpaired) electrons. The van der Waals surface area contributed by atoms with Crippen LogP contribution >= 0.6 is 0 Å². The van der Waals surface area contributed by atoms with Crippen LogP contribution in [0.1, 0.15) is 25.0 Å². The van der Waals surface area contributed by atoms with E-state index in [-0.39, 0.29) is 32.2 Å². The van der Waals surface area contributed by atoms with Crippen LogP contribution in [0.25, 0.3) is 44.9 Å². The number of nitrogens with zero attached hydrogens (tertiary/aromatic N) is 2. The Morgan fingerprint density at radius 1 is 0.763 bits per heavy atom. The molecule has 0 atom stereocenters. The molecule has 5 heteroatoms. The normalized spacial score (nSPS) is 11.3. The molecule has 0 saturated heterocycles. The topological polar surface area (TPSA) is 59.2 Å². The van der Waals surface area contributed by atoms with Crippen molar-refractivity contribution in [1.29, 1.82) is 0 Å². The van der Waals surface area contributed by atoms with Gasteiger partial charge in [0.1, 0.15) is 11.3 Å². The average molecular weight is 677 g/mol. The number of oxazole rings is 1. The van der Waals surface area contributed by atoms with Crippen LogP contribution in [0.4, 0.5) is 0 Å². The Bertz CT molecular complexity index is 1710. The molecule has 4 nitrogen and oxygen atoms in total. The molecular weight excluding hydrogens is 651 g/mol. The summed E-state index contributed by atoms with van der Waals surface area (Å²) in [6.07, 6.45) is 1.79. The molecular formula is C33H25N2O2Pt-. The second kappa shape index (κ2) is 10.4. The van der Waals surface area contributed by atoms with Crippen molar-refractivity contribution in [2.24, 2.45) is 0 Å². The summed E-state index contributed by atoms with van der Waals surface area (Å²) in [5, 5.41) is 10.4. The van der Waals surface area contributed by atoms with Gasteiger partial charge in [0, 0.05) is 33.0 Å². The summed E-state index contributed by atoms with van der Waals surface area (Å²) >= 11 is 0. The van der Waals surface area contributed by atoms with Gasteiger partial charge in [0.25, 0.3) is 0 Å². The van der Waals surface area contributed by atoms with Gasteiger partial charge in [-0.1, -0.05) is 91.7 Å². The van der Waals surface area contributed by atoms with Crippen molar-refractivity contribution in [2.75, 3.05) is 0 Å². The van der Waals surface area contributed by atoms with Gasteiger partial charge in [0.15, 0.2) is 0 Å². The minimum absolute atomic E-state index is 0. The number of benzene rings is 4. The van der Waals surface area contributed by atoms with Gasteiger partial charge >= 0.3 is 0 Å². The third-order valence-electron chi connectivity index (χ3n) is 6.88. The number of hydrogen-bond donors (Lipinski definition) is 1. The Balaban J connectivity index is 0.00000294. The minimum atomic E-state index is -0.303. The van der Waals surface area contributed by atoms with Crippen molar-refractivity contribution in [3.63, 3.8) is 0 Å². The molecule has 2 heterocycles. The first-order valence-electron chi connectivity index (χ1n) is 12.2. The molecule has 0 aliphatic heterocycles. The number of pyridine rings is 1. The third-order valence-corrected chi connectivity index (χ3v) is 6.88. The summed E-state index contributed by atoms with van der Waals surface area (Å²) < 4.78 is 6.12. The van der Waals surface area contributed by atoms with E-state index in [4.69, 9.17) is 9.40 Å². The summed E-state index contributed by atoms with van der Waals surface area (Å²) in [6, 6.07) is 37.3. The zero-order valence-corrected chi connectivity index (χ0v) is 23.2. The standard InChI is InChI=1S/C33H25N2O2.Pt/c1-33(2,23-11-4-3-5-12-23)27-19-18-22(28-15-8-9-20-34-28)21-26(27)24-14-10-17-30-31(24)35-32(37-30)25-13-6-7-16-29(25)36;/h3-20,36H,1-2H3;/q-1;. The molecule has 1 N–H and O–H groups in total. The van der Waals surface area contributed by atoms with Crippen LogP contribution in [0.5, 0.6) is 5.75 Å². The van der Waals surface area contributed by atoms with Crippen LogP contribution < -0.4 is 0 Å². The fourth-order valence-corrected chi connectivity index (χ4v) is 4.83. The average Bonchev–Trinajstić information content (AvgIpc) is 3.38. The maximum absolute atomic E-state index is 10.4. The van der Waals surface area contributed by atoms with Gasteiger partial charge in [-0.25, -0.2) is 4.98 Å². The van der Waals surface area contributed by atoms with Crippen molar-refractivity contribution in [1.82, 2.24) is 9.97 Å². The van der Waals surface area contributed by atoms with Crippen molar-refractivity contribution < 1.29 is 30.6 Å². The monoisotopic (exact) mass is 676 g/mol. The van der Waals surface area contributed by atoms with Gasteiger partial charge in [-0.2, -0.15) is 0 Å². The minimum Gasteiger partial charge on any atom is -0.507 e. The molecule has 0 saturated carbocycles. The van der Waals surface area contributed by atoms with Gasteiger partial charge < -0.3 is 9.52 Å². The summed E-state index contributed by atoms with van der Waals surface area (Å²) in [5.74, 6) is 0.510. The van der Waals surface area contributed by atoms with E-state index in [1.54, 1.807) is 24.4 Å². The molecule has 0 spiro atoms. The van der Waals surface area contributed by atoms with Crippen molar-refractivity contribution >= 4 is 11.1 Å². The van der Waals surface area contributed by atoms with Crippen molar-refractivity contribution in [2.45, 2.75) is 19.3 Å². The van der Waals surface area contributed by atoms with Gasteiger partial charge in [0.05, 0.1) is 11.1 Å².